The van der Waals surface area contributed by atoms with E-state index in [1.807, 2.05) is 0 Å². The van der Waals surface area contributed by atoms with Gasteiger partial charge in [0.1, 0.15) is 5.75 Å². The van der Waals surface area contributed by atoms with E-state index in [2.05, 4.69) is 10.6 Å². The number of carbonyl (C=O) groups excluding carboxylic acids is 2. The van der Waals surface area contributed by atoms with Gasteiger partial charge >= 0.3 is 0 Å². The maximum absolute atomic E-state index is 12.4. The van der Waals surface area contributed by atoms with Crippen LogP contribution in [0.2, 0.25) is 0 Å². The molecule has 6 nitrogen and oxygen atoms in total. The van der Waals surface area contributed by atoms with Crippen molar-refractivity contribution in [2.75, 3.05) is 12.4 Å². The highest BCUT2D eigenvalue weighted by atomic mass is 16.5. The van der Waals surface area contributed by atoms with Gasteiger partial charge in [0.05, 0.1) is 18.4 Å². The van der Waals surface area contributed by atoms with Gasteiger partial charge in [0, 0.05) is 18.5 Å². The topological polar surface area (TPSA) is 93.4 Å². The summed E-state index contributed by atoms with van der Waals surface area (Å²) in [6.45, 7) is 0. The van der Waals surface area contributed by atoms with Crippen molar-refractivity contribution in [3.05, 3.63) is 23.8 Å². The first-order valence-electron chi connectivity index (χ1n) is 8.61. The number of nitrogens with one attached hydrogen (secondary N) is 2. The zero-order valence-corrected chi connectivity index (χ0v) is 14.0. The van der Waals surface area contributed by atoms with Gasteiger partial charge in [-0.3, -0.25) is 9.59 Å². The summed E-state index contributed by atoms with van der Waals surface area (Å²) in [7, 11) is 1.55. The zero-order chi connectivity index (χ0) is 17.1. The third-order valence-corrected chi connectivity index (χ3v) is 4.82. The summed E-state index contributed by atoms with van der Waals surface area (Å²) >= 11 is 0. The molecule has 2 fully saturated rings. The number of rotatable bonds is 6. The van der Waals surface area contributed by atoms with Crippen LogP contribution in [0.5, 0.6) is 5.75 Å². The lowest BCUT2D eigenvalue weighted by Gasteiger charge is -2.16. The molecule has 4 N–H and O–H groups in total. The van der Waals surface area contributed by atoms with Crippen molar-refractivity contribution in [3.63, 3.8) is 0 Å². The predicted octanol–water partition coefficient (Wildman–Crippen LogP) is 2.04. The van der Waals surface area contributed by atoms with Crippen LogP contribution in [0.4, 0.5) is 5.69 Å². The third kappa shape index (κ3) is 4.06. The summed E-state index contributed by atoms with van der Waals surface area (Å²) in [5, 5.41) is 5.82. The Morgan fingerprint density at radius 3 is 2.67 bits per heavy atom. The Hall–Kier alpha value is -2.08. The second-order valence-corrected chi connectivity index (χ2v) is 6.77. The van der Waals surface area contributed by atoms with Gasteiger partial charge in [0.25, 0.3) is 5.91 Å². The number of nitrogens with two attached hydrogens (primary N) is 1. The molecule has 0 unspecified atom stereocenters. The highest BCUT2D eigenvalue weighted by Gasteiger charge is 2.28. The number of hydrogen-bond acceptors (Lipinski definition) is 4. The van der Waals surface area contributed by atoms with Gasteiger partial charge in [0.15, 0.2) is 0 Å². The minimum Gasteiger partial charge on any atom is -0.497 e. The number of amides is 2. The summed E-state index contributed by atoms with van der Waals surface area (Å²) in [5.41, 5.74) is 6.99. The number of hydrogen-bond donors (Lipinski definition) is 3. The molecular formula is C18H25N3O3. The summed E-state index contributed by atoms with van der Waals surface area (Å²) < 4.78 is 5.20. The van der Waals surface area contributed by atoms with E-state index in [0.717, 1.165) is 32.1 Å². The maximum Gasteiger partial charge on any atom is 0.253 e. The smallest absolute Gasteiger partial charge is 0.253 e. The normalized spacial score (nSPS) is 22.9. The van der Waals surface area contributed by atoms with Gasteiger partial charge in [-0.15, -0.1) is 0 Å². The first-order valence-corrected chi connectivity index (χ1v) is 8.61. The molecule has 0 spiro atoms. The molecule has 2 aliphatic rings. The Morgan fingerprint density at radius 2 is 2.04 bits per heavy atom. The average Bonchev–Trinajstić information content (AvgIpc) is 3.29. The second-order valence-electron chi connectivity index (χ2n) is 6.77. The third-order valence-electron chi connectivity index (χ3n) is 4.82. The van der Waals surface area contributed by atoms with Crippen molar-refractivity contribution >= 4 is 17.5 Å². The van der Waals surface area contributed by atoms with Crippen molar-refractivity contribution in [1.82, 2.24) is 5.32 Å². The fourth-order valence-electron chi connectivity index (χ4n) is 3.20. The molecule has 24 heavy (non-hydrogen) atoms. The van der Waals surface area contributed by atoms with Crippen LogP contribution < -0.4 is 21.1 Å². The Kier molecular flexibility index (Phi) is 5.04. The molecule has 1 aromatic carbocycles. The van der Waals surface area contributed by atoms with E-state index in [1.54, 1.807) is 25.3 Å². The molecule has 2 saturated carbocycles. The van der Waals surface area contributed by atoms with E-state index >= 15 is 0 Å². The molecule has 0 bridgehead atoms. The average molecular weight is 331 g/mol. The van der Waals surface area contributed by atoms with Gasteiger partial charge in [0.2, 0.25) is 5.91 Å². The monoisotopic (exact) mass is 331 g/mol. The highest BCUT2D eigenvalue weighted by Crippen LogP contribution is 2.28. The molecule has 2 atom stereocenters. The summed E-state index contributed by atoms with van der Waals surface area (Å²) in [4.78, 5) is 24.8. The molecule has 0 aromatic heterocycles. The minimum absolute atomic E-state index is 0.0945. The van der Waals surface area contributed by atoms with Gasteiger partial charge in [-0.1, -0.05) is 6.42 Å². The van der Waals surface area contributed by atoms with Gasteiger partial charge < -0.3 is 21.1 Å². The lowest BCUT2D eigenvalue weighted by molar-refractivity contribution is -0.117. The van der Waals surface area contributed by atoms with Crippen molar-refractivity contribution in [2.24, 2.45) is 11.7 Å². The van der Waals surface area contributed by atoms with Crippen LogP contribution in [0.15, 0.2) is 18.2 Å². The largest absolute Gasteiger partial charge is 0.497 e. The molecule has 3 rings (SSSR count). The van der Waals surface area contributed by atoms with E-state index in [4.69, 9.17) is 10.5 Å². The van der Waals surface area contributed by atoms with Gasteiger partial charge in [-0.05, 0) is 49.8 Å². The minimum atomic E-state index is -0.177. The van der Waals surface area contributed by atoms with Crippen molar-refractivity contribution in [2.45, 2.75) is 50.6 Å². The number of carbonyl (C=O) groups is 2. The number of ether oxygens (including phenoxy) is 1. The van der Waals surface area contributed by atoms with Crippen LogP contribution >= 0.6 is 0 Å². The van der Waals surface area contributed by atoms with E-state index in [9.17, 15) is 9.59 Å². The lowest BCUT2D eigenvalue weighted by atomic mass is 9.99. The van der Waals surface area contributed by atoms with Crippen molar-refractivity contribution in [1.29, 1.82) is 0 Å². The SMILES string of the molecule is COc1ccc(NC(=O)C[C@@H]2CCC[C@H]2N)c(C(=O)NC2CC2)c1. The van der Waals surface area contributed by atoms with Crippen molar-refractivity contribution in [3.8, 4) is 5.75 Å². The summed E-state index contributed by atoms with van der Waals surface area (Å²) in [5.74, 6) is 0.547. The molecule has 6 heteroatoms. The standard InChI is InChI=1S/C18H25N3O3/c1-24-13-7-8-16(14(10-13)18(23)20-12-5-6-12)21-17(22)9-11-3-2-4-15(11)19/h7-8,10-12,15H,2-6,9,19H2,1H3,(H,20,23)(H,21,22)/t11-,15+/m0/s1. The molecule has 2 aliphatic carbocycles. The van der Waals surface area contributed by atoms with Crippen LogP contribution in [-0.4, -0.2) is 31.0 Å². The molecule has 1 aromatic rings. The zero-order valence-electron chi connectivity index (χ0n) is 14.0. The summed E-state index contributed by atoms with van der Waals surface area (Å²) in [6.07, 6.45) is 5.48. The number of benzene rings is 1. The Morgan fingerprint density at radius 1 is 1.25 bits per heavy atom. The molecule has 0 aliphatic heterocycles. The summed E-state index contributed by atoms with van der Waals surface area (Å²) in [6, 6.07) is 5.47. The second kappa shape index (κ2) is 7.21. The molecule has 0 saturated heterocycles. The van der Waals surface area contributed by atoms with Gasteiger partial charge in [-0.25, -0.2) is 0 Å². The fraction of sp³-hybridized carbons (Fsp3) is 0.556. The van der Waals surface area contributed by atoms with Crippen LogP contribution in [0.25, 0.3) is 0 Å². The van der Waals surface area contributed by atoms with Crippen LogP contribution in [-0.2, 0) is 4.79 Å². The molecule has 0 radical (unpaired) electrons. The number of methoxy groups -OCH3 is 1. The van der Waals surface area contributed by atoms with E-state index in [-0.39, 0.29) is 29.8 Å². The van der Waals surface area contributed by atoms with E-state index in [1.165, 1.54) is 0 Å². The fourth-order valence-corrected chi connectivity index (χ4v) is 3.20. The van der Waals surface area contributed by atoms with Crippen LogP contribution in [0.3, 0.4) is 0 Å². The Balaban J connectivity index is 1.70. The Labute approximate surface area is 142 Å². The first-order chi connectivity index (χ1) is 11.6. The molecule has 130 valence electrons. The van der Waals surface area contributed by atoms with E-state index in [0.29, 0.717) is 23.4 Å². The predicted molar refractivity (Wildman–Crippen MR) is 92.0 cm³/mol. The molecule has 2 amide bonds. The molecular weight excluding hydrogens is 306 g/mol. The quantitative estimate of drug-likeness (QED) is 0.743. The maximum atomic E-state index is 12.4. The van der Waals surface area contributed by atoms with Crippen LogP contribution in [0.1, 0.15) is 48.9 Å². The lowest BCUT2D eigenvalue weighted by Crippen LogP contribution is -2.29. The number of anilines is 1. The van der Waals surface area contributed by atoms with Gasteiger partial charge in [-0.2, -0.15) is 0 Å². The van der Waals surface area contributed by atoms with Crippen LogP contribution in [0, 0.1) is 5.92 Å². The first kappa shape index (κ1) is 16.8. The Bertz CT molecular complexity index is 628. The highest BCUT2D eigenvalue weighted by molar-refractivity contribution is 6.04. The van der Waals surface area contributed by atoms with E-state index < -0.39 is 0 Å². The van der Waals surface area contributed by atoms with Crippen molar-refractivity contribution < 1.29 is 14.3 Å². The molecule has 0 heterocycles.